The first kappa shape index (κ1) is 50.0. The van der Waals surface area contributed by atoms with Crippen LogP contribution >= 0.6 is 0 Å². The van der Waals surface area contributed by atoms with Crippen molar-refractivity contribution in [1.82, 2.24) is 18.9 Å². The van der Waals surface area contributed by atoms with Crippen LogP contribution in [0.3, 0.4) is 0 Å². The number of carboxylic acid groups (broad SMARTS) is 2. The third-order valence-electron chi connectivity index (χ3n) is 13.0. The molecule has 0 amide bonds. The summed E-state index contributed by atoms with van der Waals surface area (Å²) >= 11 is 0. The zero-order chi connectivity index (χ0) is 49.7. The molecule has 4 aliphatic heterocycles. The standard InChI is InChI=1S/2C24H24FN5O5.Zn/c2*1-14-13-35-23-21-17(11-19(25)22(23)28-9-7-27(2)8-10-28)20(18(24(31)32)12-29(14)21)26-15-3-5-16(6-4-15)30(33)34;/h2*3-6,11-12,14H,7-10,13H2,1-2H3,(H,31,32);/q;;+2/p-2. The molecule has 4 aromatic carbocycles. The number of rotatable bonds is 8. The molecule has 0 N–H and O–H groups in total. The Morgan fingerprint density at radius 2 is 0.944 bits per heavy atom. The van der Waals surface area contributed by atoms with Crippen molar-refractivity contribution in [3.63, 3.8) is 0 Å². The number of likely N-dealkylation sites (N-methyl/N-ethyl adjacent to an activating group) is 2. The van der Waals surface area contributed by atoms with Gasteiger partial charge in [0.05, 0.1) is 67.0 Å². The predicted octanol–water partition coefficient (Wildman–Crippen LogP) is 3.98. The normalized spacial score (nSPS) is 18.3. The zero-order valence-electron chi connectivity index (χ0n) is 39.2. The Balaban J connectivity index is 0.000000188. The Labute approximate surface area is 416 Å². The first-order chi connectivity index (χ1) is 33.5. The molecule has 2 saturated heterocycles. The van der Waals surface area contributed by atoms with Gasteiger partial charge in [0, 0.05) is 111 Å². The number of nitro benzene ring substituents is 2. The predicted molar refractivity (Wildman–Crippen MR) is 249 cm³/mol. The number of aromatic carboxylic acids is 2. The van der Waals surface area contributed by atoms with Gasteiger partial charge in [0.25, 0.3) is 11.4 Å². The smallest absolute Gasteiger partial charge is 0.545 e. The van der Waals surface area contributed by atoms with Gasteiger partial charge in [0.1, 0.15) is 24.6 Å². The number of nitrogens with zero attached hydrogens (tertiary/aromatic N) is 10. The number of anilines is 2. The largest absolute Gasteiger partial charge is 2.00 e. The molecule has 0 bridgehead atoms. The van der Waals surface area contributed by atoms with Crippen LogP contribution in [0.15, 0.2) is 83.0 Å². The minimum absolute atomic E-state index is 0. The maximum Gasteiger partial charge on any atom is 2.00 e. The molecule has 6 heterocycles. The van der Waals surface area contributed by atoms with Gasteiger partial charge in [0.2, 0.25) is 0 Å². The average Bonchev–Trinajstić information content (AvgIpc) is 3.33. The molecule has 0 radical (unpaired) electrons. The van der Waals surface area contributed by atoms with Gasteiger partial charge in [-0.1, -0.05) is 0 Å². The summed E-state index contributed by atoms with van der Waals surface area (Å²) in [6.45, 7) is 9.88. The van der Waals surface area contributed by atoms with Gasteiger partial charge in [-0.3, -0.25) is 20.2 Å². The molecule has 4 aliphatic rings. The van der Waals surface area contributed by atoms with Crippen LogP contribution in [0.4, 0.5) is 42.9 Å². The van der Waals surface area contributed by atoms with Crippen LogP contribution in [0.25, 0.3) is 21.8 Å². The molecule has 0 aliphatic carbocycles. The number of carboxylic acids is 2. The number of pyridine rings is 2. The van der Waals surface area contributed by atoms with Crippen molar-refractivity contribution < 1.29 is 67.4 Å². The van der Waals surface area contributed by atoms with Gasteiger partial charge in [-0.25, -0.2) is 18.8 Å². The summed E-state index contributed by atoms with van der Waals surface area (Å²) in [4.78, 5) is 62.2. The fraction of sp³-hybridized carbons (Fsp3) is 0.333. The summed E-state index contributed by atoms with van der Waals surface area (Å²) in [6, 6.07) is 12.9. The molecular weight excluding hydrogens is 980 g/mol. The molecule has 10 rings (SSSR count). The minimum atomic E-state index is -1.46. The molecule has 2 fully saturated rings. The van der Waals surface area contributed by atoms with Crippen molar-refractivity contribution in [2.24, 2.45) is 9.98 Å². The van der Waals surface area contributed by atoms with Crippen LogP contribution in [-0.2, 0) is 19.5 Å². The third kappa shape index (κ3) is 9.63. The summed E-state index contributed by atoms with van der Waals surface area (Å²) in [5.74, 6) is -3.27. The van der Waals surface area contributed by atoms with E-state index in [0.717, 1.165) is 26.2 Å². The fourth-order valence-electron chi connectivity index (χ4n) is 9.19. The Bertz CT molecular complexity index is 3050. The fourth-order valence-corrected chi connectivity index (χ4v) is 9.19. The summed E-state index contributed by atoms with van der Waals surface area (Å²) in [7, 11) is 4.02. The number of carbonyl (C=O) groups is 2. The van der Waals surface area contributed by atoms with Gasteiger partial charge in [0.15, 0.2) is 23.1 Å². The topological polar surface area (TPSA) is 233 Å². The second-order valence-corrected chi connectivity index (χ2v) is 17.7. The molecule has 0 saturated carbocycles. The molecule has 6 aromatic rings. The number of nitro groups is 2. The maximum absolute atomic E-state index is 15.7. The number of hydrogen-bond acceptors (Lipinski definition) is 16. The van der Waals surface area contributed by atoms with Crippen molar-refractivity contribution in [3.8, 4) is 11.5 Å². The van der Waals surface area contributed by atoms with E-state index in [0.29, 0.717) is 60.1 Å². The van der Waals surface area contributed by atoms with Crippen molar-refractivity contribution in [2.45, 2.75) is 25.9 Å². The number of benzene rings is 4. The number of aromatic nitrogens is 2. The van der Waals surface area contributed by atoms with Crippen molar-refractivity contribution in [2.75, 3.05) is 89.5 Å². The Hall–Kier alpha value is -7.36. The maximum atomic E-state index is 15.7. The van der Waals surface area contributed by atoms with E-state index in [2.05, 4.69) is 19.8 Å². The molecule has 2 unspecified atom stereocenters. The Kier molecular flexibility index (Phi) is 14.2. The van der Waals surface area contributed by atoms with E-state index < -0.39 is 33.4 Å². The van der Waals surface area contributed by atoms with Crippen LogP contribution in [0.1, 0.15) is 46.6 Å². The second kappa shape index (κ2) is 20.2. The number of piperazine rings is 2. The van der Waals surface area contributed by atoms with E-state index >= 15 is 8.78 Å². The number of halogens is 2. The van der Waals surface area contributed by atoms with E-state index in [4.69, 9.17) is 9.47 Å². The summed E-state index contributed by atoms with van der Waals surface area (Å²) < 4.78 is 47.0. The molecule has 2 atom stereocenters. The molecule has 2 aromatic heterocycles. The van der Waals surface area contributed by atoms with Gasteiger partial charge in [-0.2, -0.15) is 0 Å². The summed E-state index contributed by atoms with van der Waals surface area (Å²) in [5.41, 5.74) is 1.71. The second-order valence-electron chi connectivity index (χ2n) is 17.7. The van der Waals surface area contributed by atoms with E-state index in [1.54, 1.807) is 9.13 Å². The number of ether oxygens (including phenoxy) is 2. The molecule has 0 spiro atoms. The van der Waals surface area contributed by atoms with Crippen molar-refractivity contribution >= 4 is 67.9 Å². The SMILES string of the molecule is CC1COc2c(N3CCN(C)CC3)c(F)cc3c(=Nc4ccc([N+](=O)[O-])cc4)c(C(=O)[O-])cn1c23.CC1COc2c(N3CCN(C)CC3)c(F)cc3c(=Nc4ccc([N+](=O)[O-])cc4)c(C(=O)[O-])cn1c23.[Zn+2]. The average molecular weight is 1030 g/mol. The third-order valence-corrected chi connectivity index (χ3v) is 13.0. The first-order valence-electron chi connectivity index (χ1n) is 22.4. The summed E-state index contributed by atoms with van der Waals surface area (Å²) in [5, 5.41) is 46.7. The molecule has 71 heavy (non-hydrogen) atoms. The van der Waals surface area contributed by atoms with Crippen LogP contribution in [0, 0.1) is 31.9 Å². The van der Waals surface area contributed by atoms with E-state index in [1.165, 1.54) is 73.1 Å². The van der Waals surface area contributed by atoms with E-state index in [1.807, 2.05) is 37.7 Å². The van der Waals surface area contributed by atoms with Crippen LogP contribution in [0.2, 0.25) is 0 Å². The van der Waals surface area contributed by atoms with Gasteiger partial charge >= 0.3 is 19.5 Å². The van der Waals surface area contributed by atoms with E-state index in [-0.39, 0.29) is 100 Å². The first-order valence-corrected chi connectivity index (χ1v) is 22.4. The Morgan fingerprint density at radius 3 is 1.25 bits per heavy atom. The molecular formula is C48H46F2N10O10Zn. The Morgan fingerprint density at radius 1 is 0.606 bits per heavy atom. The number of non-ortho nitro benzene ring substituents is 2. The zero-order valence-corrected chi connectivity index (χ0v) is 42.1. The number of hydrogen-bond donors (Lipinski definition) is 0. The van der Waals surface area contributed by atoms with Gasteiger partial charge in [-0.15, -0.1) is 0 Å². The van der Waals surface area contributed by atoms with Crippen molar-refractivity contribution in [3.05, 3.63) is 127 Å². The minimum Gasteiger partial charge on any atom is -0.545 e. The molecule has 20 nitrogen and oxygen atoms in total. The van der Waals surface area contributed by atoms with Crippen LogP contribution < -0.4 is 40.2 Å². The van der Waals surface area contributed by atoms with Crippen molar-refractivity contribution in [1.29, 1.82) is 0 Å². The van der Waals surface area contributed by atoms with E-state index in [9.17, 15) is 40.0 Å². The van der Waals surface area contributed by atoms with Gasteiger partial charge in [-0.05, 0) is 64.3 Å². The van der Waals surface area contributed by atoms with Crippen LogP contribution in [-0.4, -0.2) is 120 Å². The monoisotopic (exact) mass is 1020 g/mol. The quantitative estimate of drug-likeness (QED) is 0.119. The molecule has 23 heteroatoms. The number of carbonyl (C=O) groups excluding carboxylic acids is 2. The van der Waals surface area contributed by atoms with Crippen LogP contribution in [0.5, 0.6) is 11.5 Å². The molecule has 364 valence electrons. The summed E-state index contributed by atoms with van der Waals surface area (Å²) in [6.07, 6.45) is 2.90. The van der Waals surface area contributed by atoms with Gasteiger partial charge < -0.3 is 58.0 Å².